The van der Waals surface area contributed by atoms with E-state index in [9.17, 15) is 9.18 Å². The molecule has 0 saturated heterocycles. The molecule has 134 valence electrons. The molecule has 0 aliphatic heterocycles. The average Bonchev–Trinajstić information content (AvgIpc) is 3.06. The van der Waals surface area contributed by atoms with Gasteiger partial charge in [-0.05, 0) is 35.9 Å². The number of hydrogen-bond donors (Lipinski definition) is 3. The summed E-state index contributed by atoms with van der Waals surface area (Å²) >= 11 is 0. The van der Waals surface area contributed by atoms with Crippen molar-refractivity contribution in [2.24, 2.45) is 0 Å². The maximum Gasteiger partial charge on any atom is 0.323 e. The normalized spacial score (nSPS) is 10.7. The largest absolute Gasteiger partial charge is 0.380 e. The number of urea groups is 1. The Morgan fingerprint density at radius 3 is 2.56 bits per heavy atom. The zero-order chi connectivity index (χ0) is 18.8. The molecule has 4 aromatic rings. The lowest BCUT2D eigenvalue weighted by atomic mass is 10.1. The lowest BCUT2D eigenvalue weighted by Crippen LogP contribution is -2.20. The second-order valence-electron chi connectivity index (χ2n) is 5.83. The SMILES string of the molecule is Nc1nnn2cccc(-c3ccc(NC(=O)Nc4ccccc4F)cc3)c12. The molecule has 4 rings (SSSR count). The van der Waals surface area contributed by atoms with Crippen LogP contribution in [0.4, 0.5) is 26.4 Å². The Morgan fingerprint density at radius 2 is 1.78 bits per heavy atom. The average molecular weight is 362 g/mol. The number of nitrogens with one attached hydrogen (secondary N) is 2. The first-order chi connectivity index (χ1) is 13.1. The Kier molecular flexibility index (Phi) is 4.13. The summed E-state index contributed by atoms with van der Waals surface area (Å²) in [6.07, 6.45) is 1.77. The predicted molar refractivity (Wildman–Crippen MR) is 102 cm³/mol. The number of pyridine rings is 1. The third kappa shape index (κ3) is 3.28. The van der Waals surface area contributed by atoms with Crippen LogP contribution in [0.1, 0.15) is 0 Å². The number of halogens is 1. The molecule has 2 aromatic heterocycles. The smallest absolute Gasteiger partial charge is 0.323 e. The molecule has 0 aliphatic rings. The summed E-state index contributed by atoms with van der Waals surface area (Å²) in [4.78, 5) is 12.0. The molecule has 2 heterocycles. The summed E-state index contributed by atoms with van der Waals surface area (Å²) in [6, 6.07) is 16.4. The van der Waals surface area contributed by atoms with Gasteiger partial charge in [-0.2, -0.15) is 0 Å². The second-order valence-corrected chi connectivity index (χ2v) is 5.83. The van der Waals surface area contributed by atoms with E-state index in [0.717, 1.165) is 16.6 Å². The van der Waals surface area contributed by atoms with Gasteiger partial charge in [0.1, 0.15) is 11.3 Å². The Labute approximate surface area is 153 Å². The lowest BCUT2D eigenvalue weighted by Gasteiger charge is -2.09. The maximum absolute atomic E-state index is 13.6. The van der Waals surface area contributed by atoms with E-state index in [1.54, 1.807) is 35.0 Å². The van der Waals surface area contributed by atoms with Crippen molar-refractivity contribution >= 4 is 28.7 Å². The number of aromatic nitrogens is 3. The van der Waals surface area contributed by atoms with Crippen LogP contribution in [0.2, 0.25) is 0 Å². The number of hydrogen-bond acceptors (Lipinski definition) is 4. The van der Waals surface area contributed by atoms with Crippen LogP contribution in [0.3, 0.4) is 0 Å². The fraction of sp³-hybridized carbons (Fsp3) is 0. The number of carbonyl (C=O) groups is 1. The van der Waals surface area contributed by atoms with Crippen LogP contribution >= 0.6 is 0 Å². The number of fused-ring (bicyclic) bond motifs is 1. The van der Waals surface area contributed by atoms with Crippen LogP contribution in [0, 0.1) is 5.82 Å². The molecule has 7 nitrogen and oxygen atoms in total. The zero-order valence-corrected chi connectivity index (χ0v) is 14.1. The standard InChI is InChI=1S/C19H15FN6O/c20-15-5-1-2-6-16(15)23-19(27)22-13-9-7-12(8-10-13)14-4-3-11-26-17(14)18(21)24-25-26/h1-11H,21H2,(H2,22,23,27). The van der Waals surface area contributed by atoms with Crippen molar-refractivity contribution in [1.29, 1.82) is 0 Å². The minimum Gasteiger partial charge on any atom is -0.380 e. The highest BCUT2D eigenvalue weighted by Crippen LogP contribution is 2.28. The highest BCUT2D eigenvalue weighted by molar-refractivity contribution is 6.00. The first kappa shape index (κ1) is 16.5. The molecule has 0 unspecified atom stereocenters. The molecule has 4 N–H and O–H groups in total. The fourth-order valence-corrected chi connectivity index (χ4v) is 2.78. The number of rotatable bonds is 3. The van der Waals surface area contributed by atoms with E-state index in [2.05, 4.69) is 20.9 Å². The second kappa shape index (κ2) is 6.75. The molecule has 27 heavy (non-hydrogen) atoms. The van der Waals surface area contributed by atoms with E-state index >= 15 is 0 Å². The molecular weight excluding hydrogens is 347 g/mol. The van der Waals surface area contributed by atoms with Crippen molar-refractivity contribution in [3.8, 4) is 11.1 Å². The number of nitrogen functional groups attached to an aromatic ring is 1. The van der Waals surface area contributed by atoms with Gasteiger partial charge in [0.25, 0.3) is 0 Å². The third-order valence-corrected chi connectivity index (χ3v) is 4.04. The molecular formula is C19H15FN6O. The Bertz CT molecular complexity index is 1120. The van der Waals surface area contributed by atoms with Gasteiger partial charge in [-0.1, -0.05) is 35.5 Å². The molecule has 0 bridgehead atoms. The number of carbonyl (C=O) groups excluding carboxylic acids is 1. The van der Waals surface area contributed by atoms with Crippen LogP contribution in [-0.2, 0) is 0 Å². The summed E-state index contributed by atoms with van der Waals surface area (Å²) in [5.74, 6) is -0.153. The molecule has 0 fully saturated rings. The summed E-state index contributed by atoms with van der Waals surface area (Å²) < 4.78 is 15.2. The van der Waals surface area contributed by atoms with Crippen LogP contribution in [0.25, 0.3) is 16.6 Å². The van der Waals surface area contributed by atoms with Gasteiger partial charge in [-0.3, -0.25) is 0 Å². The zero-order valence-electron chi connectivity index (χ0n) is 14.1. The van der Waals surface area contributed by atoms with Gasteiger partial charge in [-0.25, -0.2) is 13.7 Å². The minimum atomic E-state index is -0.529. The molecule has 0 atom stereocenters. The Hall–Kier alpha value is -3.94. The van der Waals surface area contributed by atoms with E-state index in [-0.39, 0.29) is 5.69 Å². The van der Waals surface area contributed by atoms with Crippen molar-refractivity contribution in [2.45, 2.75) is 0 Å². The first-order valence-corrected chi connectivity index (χ1v) is 8.14. The molecule has 0 radical (unpaired) electrons. The summed E-state index contributed by atoms with van der Waals surface area (Å²) in [5.41, 5.74) is 9.08. The first-order valence-electron chi connectivity index (χ1n) is 8.14. The van der Waals surface area contributed by atoms with Gasteiger partial charge in [0.2, 0.25) is 0 Å². The molecule has 2 aromatic carbocycles. The highest BCUT2D eigenvalue weighted by atomic mass is 19.1. The van der Waals surface area contributed by atoms with Crippen molar-refractivity contribution in [1.82, 2.24) is 14.8 Å². The monoisotopic (exact) mass is 362 g/mol. The number of nitrogens with zero attached hydrogens (tertiary/aromatic N) is 3. The summed E-state index contributed by atoms with van der Waals surface area (Å²) in [7, 11) is 0. The molecule has 2 amide bonds. The lowest BCUT2D eigenvalue weighted by molar-refractivity contribution is 0.262. The molecule has 0 spiro atoms. The van der Waals surface area contributed by atoms with E-state index in [4.69, 9.17) is 5.73 Å². The summed E-state index contributed by atoms with van der Waals surface area (Å²) in [6.45, 7) is 0. The minimum absolute atomic E-state index is 0.113. The van der Waals surface area contributed by atoms with Crippen LogP contribution in [0.5, 0.6) is 0 Å². The Balaban J connectivity index is 1.53. The van der Waals surface area contributed by atoms with Crippen LogP contribution < -0.4 is 16.4 Å². The third-order valence-electron chi connectivity index (χ3n) is 4.04. The van der Waals surface area contributed by atoms with Gasteiger partial charge < -0.3 is 16.4 Å². The number of benzene rings is 2. The van der Waals surface area contributed by atoms with Gasteiger partial charge >= 0.3 is 6.03 Å². The molecule has 0 aliphatic carbocycles. The van der Waals surface area contributed by atoms with Crippen LogP contribution in [-0.4, -0.2) is 20.9 Å². The number of para-hydroxylation sites is 1. The fourth-order valence-electron chi connectivity index (χ4n) is 2.78. The highest BCUT2D eigenvalue weighted by Gasteiger charge is 2.10. The maximum atomic E-state index is 13.6. The topological polar surface area (TPSA) is 97.3 Å². The molecule has 8 heteroatoms. The number of anilines is 3. The van der Waals surface area contributed by atoms with Gasteiger partial charge in [0, 0.05) is 17.4 Å². The van der Waals surface area contributed by atoms with E-state index in [1.165, 1.54) is 12.1 Å². The van der Waals surface area contributed by atoms with Crippen molar-refractivity contribution in [3.05, 3.63) is 72.7 Å². The summed E-state index contributed by atoms with van der Waals surface area (Å²) in [5, 5.41) is 13.0. The van der Waals surface area contributed by atoms with Gasteiger partial charge in [0.05, 0.1) is 5.69 Å². The van der Waals surface area contributed by atoms with E-state index in [1.807, 2.05) is 24.3 Å². The van der Waals surface area contributed by atoms with Crippen molar-refractivity contribution in [2.75, 3.05) is 16.4 Å². The van der Waals surface area contributed by atoms with Crippen LogP contribution in [0.15, 0.2) is 66.9 Å². The van der Waals surface area contributed by atoms with Crippen molar-refractivity contribution in [3.63, 3.8) is 0 Å². The number of nitrogens with two attached hydrogens (primary N) is 1. The van der Waals surface area contributed by atoms with Gasteiger partial charge in [0.15, 0.2) is 5.82 Å². The van der Waals surface area contributed by atoms with E-state index in [0.29, 0.717) is 11.5 Å². The number of amides is 2. The predicted octanol–water partition coefficient (Wildman–Crippen LogP) is 3.76. The quantitative estimate of drug-likeness (QED) is 0.517. The van der Waals surface area contributed by atoms with E-state index < -0.39 is 11.8 Å². The van der Waals surface area contributed by atoms with Gasteiger partial charge in [-0.15, -0.1) is 5.10 Å². The molecule has 0 saturated carbocycles. The van der Waals surface area contributed by atoms with Crippen molar-refractivity contribution < 1.29 is 9.18 Å². The Morgan fingerprint density at radius 1 is 1.00 bits per heavy atom.